The molecule has 1 aliphatic carbocycles. The number of H-pyrrole nitrogens is 1. The van der Waals surface area contributed by atoms with Crippen LogP contribution in [0.2, 0.25) is 0 Å². The monoisotopic (exact) mass is 209 g/mol. The van der Waals surface area contributed by atoms with Gasteiger partial charge in [0.2, 0.25) is 5.88 Å². The summed E-state index contributed by atoms with van der Waals surface area (Å²) < 4.78 is 5.60. The molecule has 0 radical (unpaired) electrons. The normalized spacial score (nSPS) is 26.2. The van der Waals surface area contributed by atoms with Crippen molar-refractivity contribution in [3.8, 4) is 5.88 Å². The average Bonchev–Trinajstić information content (AvgIpc) is 2.22. The number of aromatic amines is 1. The van der Waals surface area contributed by atoms with Crippen LogP contribution in [-0.4, -0.2) is 22.1 Å². The van der Waals surface area contributed by atoms with Gasteiger partial charge in [0.05, 0.1) is 12.4 Å². The maximum atomic E-state index is 11.0. The second kappa shape index (κ2) is 4.44. The molecule has 0 aromatic carbocycles. The fourth-order valence-electron chi connectivity index (χ4n) is 1.79. The van der Waals surface area contributed by atoms with Gasteiger partial charge in [-0.15, -0.1) is 0 Å². The van der Waals surface area contributed by atoms with Crippen LogP contribution in [-0.2, 0) is 0 Å². The van der Waals surface area contributed by atoms with Crippen molar-refractivity contribution in [1.29, 1.82) is 0 Å². The van der Waals surface area contributed by atoms with Gasteiger partial charge in [-0.25, -0.2) is 4.98 Å². The third-order valence-corrected chi connectivity index (χ3v) is 2.66. The summed E-state index contributed by atoms with van der Waals surface area (Å²) >= 11 is 0. The van der Waals surface area contributed by atoms with Gasteiger partial charge in [0.1, 0.15) is 6.10 Å². The van der Waals surface area contributed by atoms with E-state index >= 15 is 0 Å². The lowest BCUT2D eigenvalue weighted by atomic mass is 9.94. The molecule has 0 amide bonds. The van der Waals surface area contributed by atoms with Gasteiger partial charge in [-0.3, -0.25) is 4.79 Å². The first-order chi connectivity index (χ1) is 7.24. The number of nitrogens with one attached hydrogen (secondary N) is 1. The molecular weight excluding hydrogens is 194 g/mol. The first-order valence-electron chi connectivity index (χ1n) is 5.21. The molecule has 15 heavy (non-hydrogen) atoms. The minimum absolute atomic E-state index is 0.152. The number of nitrogens with zero attached hydrogens (tertiary/aromatic N) is 1. The second-order valence-electron chi connectivity index (χ2n) is 3.90. The molecule has 1 aliphatic rings. The van der Waals surface area contributed by atoms with E-state index in [0.717, 1.165) is 25.7 Å². The Hall–Kier alpha value is -1.36. The van der Waals surface area contributed by atoms with E-state index in [4.69, 9.17) is 10.5 Å². The molecule has 82 valence electrons. The molecule has 0 saturated heterocycles. The predicted molar refractivity (Wildman–Crippen MR) is 55.7 cm³/mol. The molecule has 1 saturated carbocycles. The molecule has 0 bridgehead atoms. The molecular formula is C10H15N3O2. The summed E-state index contributed by atoms with van der Waals surface area (Å²) in [6, 6.07) is 1.67. The van der Waals surface area contributed by atoms with Crippen molar-refractivity contribution >= 4 is 0 Å². The number of hydrogen-bond donors (Lipinski definition) is 2. The number of nitrogens with two attached hydrogens (primary N) is 1. The van der Waals surface area contributed by atoms with Crippen LogP contribution in [0.1, 0.15) is 25.7 Å². The molecule has 1 fully saturated rings. The first-order valence-corrected chi connectivity index (χ1v) is 5.21. The van der Waals surface area contributed by atoms with Gasteiger partial charge in [-0.2, -0.15) is 0 Å². The van der Waals surface area contributed by atoms with Gasteiger partial charge in [0, 0.05) is 6.04 Å². The van der Waals surface area contributed by atoms with Gasteiger partial charge in [-0.1, -0.05) is 0 Å². The first kappa shape index (κ1) is 10.2. The van der Waals surface area contributed by atoms with E-state index in [9.17, 15) is 4.79 Å². The Labute approximate surface area is 87.7 Å². The van der Waals surface area contributed by atoms with Crippen molar-refractivity contribution in [2.24, 2.45) is 5.73 Å². The molecule has 0 atom stereocenters. The zero-order valence-electron chi connectivity index (χ0n) is 8.48. The molecule has 0 unspecified atom stereocenters. The molecule has 1 aromatic heterocycles. The van der Waals surface area contributed by atoms with Crippen LogP contribution in [0.4, 0.5) is 0 Å². The molecule has 2 rings (SSSR count). The number of hydrogen-bond acceptors (Lipinski definition) is 4. The van der Waals surface area contributed by atoms with Gasteiger partial charge in [-0.05, 0) is 25.7 Å². The van der Waals surface area contributed by atoms with Crippen LogP contribution < -0.4 is 16.0 Å². The van der Waals surface area contributed by atoms with E-state index in [0.29, 0.717) is 11.9 Å². The zero-order valence-corrected chi connectivity index (χ0v) is 8.48. The van der Waals surface area contributed by atoms with E-state index < -0.39 is 0 Å². The molecule has 3 N–H and O–H groups in total. The molecule has 1 heterocycles. The summed E-state index contributed by atoms with van der Waals surface area (Å²) in [5, 5.41) is 0. The summed E-state index contributed by atoms with van der Waals surface area (Å²) in [5.41, 5.74) is 5.60. The quantitative estimate of drug-likeness (QED) is 0.739. The number of aromatic nitrogens is 2. The van der Waals surface area contributed by atoms with E-state index in [-0.39, 0.29) is 11.7 Å². The lowest BCUT2D eigenvalue weighted by molar-refractivity contribution is 0.141. The van der Waals surface area contributed by atoms with E-state index in [2.05, 4.69) is 9.97 Å². The minimum Gasteiger partial charge on any atom is -0.474 e. The number of rotatable bonds is 2. The summed E-state index contributed by atoms with van der Waals surface area (Å²) in [4.78, 5) is 17.4. The fourth-order valence-corrected chi connectivity index (χ4v) is 1.79. The summed E-state index contributed by atoms with van der Waals surface area (Å²) in [6.07, 6.45) is 5.35. The lowest BCUT2D eigenvalue weighted by Crippen LogP contribution is -2.32. The summed E-state index contributed by atoms with van der Waals surface area (Å²) in [7, 11) is 0. The van der Waals surface area contributed by atoms with Crippen LogP contribution in [0.15, 0.2) is 17.2 Å². The Morgan fingerprint density at radius 1 is 1.40 bits per heavy atom. The average molecular weight is 209 g/mol. The van der Waals surface area contributed by atoms with Crippen LogP contribution in [0.3, 0.4) is 0 Å². The largest absolute Gasteiger partial charge is 0.474 e. The van der Waals surface area contributed by atoms with Crippen molar-refractivity contribution in [1.82, 2.24) is 9.97 Å². The van der Waals surface area contributed by atoms with Gasteiger partial charge in [0.15, 0.2) is 0 Å². The highest BCUT2D eigenvalue weighted by Crippen LogP contribution is 2.20. The minimum atomic E-state index is -0.187. The Balaban J connectivity index is 1.94. The molecule has 0 aliphatic heterocycles. The second-order valence-corrected chi connectivity index (χ2v) is 3.90. The van der Waals surface area contributed by atoms with Crippen molar-refractivity contribution in [2.75, 3.05) is 0 Å². The fraction of sp³-hybridized carbons (Fsp3) is 0.600. The summed E-state index contributed by atoms with van der Waals surface area (Å²) in [6.45, 7) is 0. The van der Waals surface area contributed by atoms with Crippen molar-refractivity contribution < 1.29 is 4.74 Å². The van der Waals surface area contributed by atoms with Crippen LogP contribution in [0.25, 0.3) is 0 Å². The van der Waals surface area contributed by atoms with E-state index in [1.54, 1.807) is 0 Å². The zero-order chi connectivity index (χ0) is 10.7. The van der Waals surface area contributed by atoms with Gasteiger partial charge in [0.25, 0.3) is 5.56 Å². The molecule has 5 heteroatoms. The number of ether oxygens (including phenoxy) is 1. The highest BCUT2D eigenvalue weighted by atomic mass is 16.5. The maximum Gasteiger partial charge on any atom is 0.254 e. The van der Waals surface area contributed by atoms with Crippen LogP contribution >= 0.6 is 0 Å². The Bertz CT molecular complexity index is 369. The van der Waals surface area contributed by atoms with Gasteiger partial charge < -0.3 is 15.5 Å². The van der Waals surface area contributed by atoms with Gasteiger partial charge >= 0.3 is 0 Å². The van der Waals surface area contributed by atoms with Crippen molar-refractivity contribution in [2.45, 2.75) is 37.8 Å². The smallest absolute Gasteiger partial charge is 0.254 e. The SMILES string of the molecule is NC1CCC(Oc2cc(=O)[nH]cn2)CC1. The Morgan fingerprint density at radius 3 is 2.80 bits per heavy atom. The molecule has 5 nitrogen and oxygen atoms in total. The van der Waals surface area contributed by atoms with Crippen molar-refractivity contribution in [3.63, 3.8) is 0 Å². The van der Waals surface area contributed by atoms with Crippen molar-refractivity contribution in [3.05, 3.63) is 22.7 Å². The third-order valence-electron chi connectivity index (χ3n) is 2.66. The van der Waals surface area contributed by atoms with Crippen LogP contribution in [0.5, 0.6) is 5.88 Å². The van der Waals surface area contributed by atoms with E-state index in [1.807, 2.05) is 0 Å². The maximum absolute atomic E-state index is 11.0. The van der Waals surface area contributed by atoms with E-state index in [1.165, 1.54) is 12.4 Å². The molecule has 0 spiro atoms. The highest BCUT2D eigenvalue weighted by molar-refractivity contribution is 5.05. The lowest BCUT2D eigenvalue weighted by Gasteiger charge is -2.26. The third kappa shape index (κ3) is 2.79. The molecule has 1 aromatic rings. The topological polar surface area (TPSA) is 81.0 Å². The highest BCUT2D eigenvalue weighted by Gasteiger charge is 2.20. The predicted octanol–water partition coefficient (Wildman–Crippen LogP) is 0.419. The van der Waals surface area contributed by atoms with Crippen LogP contribution in [0, 0.1) is 0 Å². The summed E-state index contributed by atoms with van der Waals surface area (Å²) in [5.74, 6) is 0.402. The Morgan fingerprint density at radius 2 is 2.13 bits per heavy atom. The Kier molecular flexibility index (Phi) is 3.01. The standard InChI is InChI=1S/C10H15N3O2/c11-7-1-3-8(4-2-7)15-10-5-9(14)12-6-13-10/h5-8H,1-4,11H2,(H,12,13,14).